The molecule has 3 rings (SSSR count). The monoisotopic (exact) mass is 362 g/mol. The molecule has 0 spiro atoms. The van der Waals surface area contributed by atoms with Crippen molar-refractivity contribution >= 4 is 11.8 Å². The second-order valence-corrected chi connectivity index (χ2v) is 7.09. The maximum absolute atomic E-state index is 13.9. The molecule has 0 radical (unpaired) electrons. The van der Waals surface area contributed by atoms with E-state index >= 15 is 0 Å². The van der Waals surface area contributed by atoms with Crippen LogP contribution in [0.1, 0.15) is 18.4 Å². The van der Waals surface area contributed by atoms with Gasteiger partial charge in [0, 0.05) is 51.4 Å². The fraction of sp³-hybridized carbons (Fsp3) is 0.579. The van der Waals surface area contributed by atoms with Crippen LogP contribution in [0.25, 0.3) is 0 Å². The van der Waals surface area contributed by atoms with Gasteiger partial charge in [-0.2, -0.15) is 0 Å². The van der Waals surface area contributed by atoms with Gasteiger partial charge in [0.05, 0.1) is 12.5 Å². The highest BCUT2D eigenvalue weighted by molar-refractivity contribution is 5.88. The molecule has 6 nitrogen and oxygen atoms in total. The molecule has 2 amide bonds. The van der Waals surface area contributed by atoms with E-state index in [1.54, 1.807) is 12.1 Å². The first-order chi connectivity index (χ1) is 12.5. The zero-order valence-corrected chi connectivity index (χ0v) is 15.3. The summed E-state index contributed by atoms with van der Waals surface area (Å²) in [5.74, 6) is -0.231. The molecule has 0 saturated carbocycles. The Morgan fingerprint density at radius 3 is 2.77 bits per heavy atom. The van der Waals surface area contributed by atoms with Crippen LogP contribution in [0.3, 0.4) is 0 Å². The molecule has 26 heavy (non-hydrogen) atoms. The van der Waals surface area contributed by atoms with E-state index in [2.05, 4.69) is 10.2 Å². The Balaban J connectivity index is 1.54. The fourth-order valence-corrected chi connectivity index (χ4v) is 3.62. The Labute approximate surface area is 153 Å². The molecular weight excluding hydrogens is 335 g/mol. The van der Waals surface area contributed by atoms with Crippen molar-refractivity contribution in [1.29, 1.82) is 0 Å². The zero-order valence-electron chi connectivity index (χ0n) is 15.3. The predicted molar refractivity (Wildman–Crippen MR) is 96.9 cm³/mol. The fourth-order valence-electron chi connectivity index (χ4n) is 3.62. The first kappa shape index (κ1) is 18.8. The summed E-state index contributed by atoms with van der Waals surface area (Å²) in [6.07, 6.45) is 1.07. The third-order valence-electron chi connectivity index (χ3n) is 5.26. The third kappa shape index (κ3) is 4.59. The van der Waals surface area contributed by atoms with Crippen molar-refractivity contribution in [2.45, 2.75) is 25.4 Å². The molecule has 2 aliphatic rings. The van der Waals surface area contributed by atoms with Crippen LogP contribution >= 0.6 is 0 Å². The van der Waals surface area contributed by atoms with E-state index in [9.17, 15) is 14.0 Å². The van der Waals surface area contributed by atoms with Crippen LogP contribution in [0.5, 0.6) is 0 Å². The Kier molecular flexibility index (Phi) is 6.21. The maximum Gasteiger partial charge on any atom is 0.237 e. The molecular formula is C19H27FN4O2. The van der Waals surface area contributed by atoms with Gasteiger partial charge >= 0.3 is 0 Å². The molecule has 1 unspecified atom stereocenters. The summed E-state index contributed by atoms with van der Waals surface area (Å²) in [6, 6.07) is 6.45. The minimum absolute atomic E-state index is 0.0200. The lowest BCUT2D eigenvalue weighted by molar-refractivity contribution is -0.138. The molecule has 1 aromatic carbocycles. The number of hydrogen-bond donors (Lipinski definition) is 1. The number of piperazine rings is 1. The van der Waals surface area contributed by atoms with Crippen molar-refractivity contribution in [1.82, 2.24) is 20.0 Å². The van der Waals surface area contributed by atoms with Crippen LogP contribution in [-0.2, 0) is 16.1 Å². The largest absolute Gasteiger partial charge is 0.353 e. The Morgan fingerprint density at radius 2 is 2.00 bits per heavy atom. The highest BCUT2D eigenvalue weighted by Gasteiger charge is 2.31. The summed E-state index contributed by atoms with van der Waals surface area (Å²) in [6.45, 7) is 4.81. The number of rotatable bonds is 4. The molecule has 0 aromatic heterocycles. The zero-order chi connectivity index (χ0) is 18.5. The van der Waals surface area contributed by atoms with Crippen LogP contribution in [-0.4, -0.2) is 78.9 Å². The van der Waals surface area contributed by atoms with Gasteiger partial charge in [0.1, 0.15) is 5.82 Å². The highest BCUT2D eigenvalue weighted by Crippen LogP contribution is 2.14. The number of benzene rings is 1. The SMILES string of the molecule is CN1CCNC(=O)C1CC(=O)N1CCCN(Cc2ccccc2F)CC1. The Bertz CT molecular complexity index is 654. The first-order valence-electron chi connectivity index (χ1n) is 9.26. The Morgan fingerprint density at radius 1 is 1.19 bits per heavy atom. The number of carbonyl (C=O) groups is 2. The summed E-state index contributed by atoms with van der Waals surface area (Å²) in [7, 11) is 1.88. The number of carbonyl (C=O) groups excluding carboxylic acids is 2. The lowest BCUT2D eigenvalue weighted by atomic mass is 10.1. The van der Waals surface area contributed by atoms with E-state index in [-0.39, 0.29) is 30.1 Å². The minimum Gasteiger partial charge on any atom is -0.353 e. The Hall–Kier alpha value is -1.99. The van der Waals surface area contributed by atoms with Gasteiger partial charge in [0.15, 0.2) is 0 Å². The third-order valence-corrected chi connectivity index (χ3v) is 5.26. The van der Waals surface area contributed by atoms with Gasteiger partial charge in [-0.3, -0.25) is 19.4 Å². The number of hydrogen-bond acceptors (Lipinski definition) is 4. The predicted octanol–water partition coefficient (Wildman–Crippen LogP) is 0.680. The molecule has 2 fully saturated rings. The molecule has 0 aliphatic carbocycles. The first-order valence-corrected chi connectivity index (χ1v) is 9.26. The van der Waals surface area contributed by atoms with Crippen molar-refractivity contribution in [3.63, 3.8) is 0 Å². The normalized spacial score (nSPS) is 22.8. The van der Waals surface area contributed by atoms with Crippen LogP contribution in [0.15, 0.2) is 24.3 Å². The van der Waals surface area contributed by atoms with Crippen molar-refractivity contribution in [3.8, 4) is 0 Å². The smallest absolute Gasteiger partial charge is 0.237 e. The van der Waals surface area contributed by atoms with Gasteiger partial charge in [-0.15, -0.1) is 0 Å². The standard InChI is InChI=1S/C19H27FN4O2/c1-22-10-7-21-19(26)17(22)13-18(25)24-9-4-8-23(11-12-24)14-15-5-2-3-6-16(15)20/h2-3,5-6,17H,4,7-14H2,1H3,(H,21,26). The van der Waals surface area contributed by atoms with Gasteiger partial charge in [0.25, 0.3) is 0 Å². The van der Waals surface area contributed by atoms with Crippen molar-refractivity contribution in [2.75, 3.05) is 46.3 Å². The molecule has 2 saturated heterocycles. The van der Waals surface area contributed by atoms with Gasteiger partial charge in [-0.25, -0.2) is 4.39 Å². The minimum atomic E-state index is -0.381. The summed E-state index contributed by atoms with van der Waals surface area (Å²) < 4.78 is 13.9. The van der Waals surface area contributed by atoms with Gasteiger partial charge in [0.2, 0.25) is 11.8 Å². The van der Waals surface area contributed by atoms with E-state index < -0.39 is 0 Å². The summed E-state index contributed by atoms with van der Waals surface area (Å²) in [5, 5.41) is 2.83. The quantitative estimate of drug-likeness (QED) is 0.856. The van der Waals surface area contributed by atoms with Gasteiger partial charge in [-0.05, 0) is 19.5 Å². The van der Waals surface area contributed by atoms with Crippen LogP contribution in [0.4, 0.5) is 4.39 Å². The lowest BCUT2D eigenvalue weighted by Crippen LogP contribution is -2.55. The average molecular weight is 362 g/mol. The second-order valence-electron chi connectivity index (χ2n) is 7.09. The van der Waals surface area contributed by atoms with Crippen LogP contribution in [0.2, 0.25) is 0 Å². The topological polar surface area (TPSA) is 55.9 Å². The highest BCUT2D eigenvalue weighted by atomic mass is 19.1. The van der Waals surface area contributed by atoms with Gasteiger partial charge < -0.3 is 10.2 Å². The summed E-state index contributed by atoms with van der Waals surface area (Å²) in [5.41, 5.74) is 0.688. The molecule has 0 bridgehead atoms. The summed E-state index contributed by atoms with van der Waals surface area (Å²) in [4.78, 5) is 30.7. The van der Waals surface area contributed by atoms with Crippen molar-refractivity contribution in [3.05, 3.63) is 35.6 Å². The van der Waals surface area contributed by atoms with Gasteiger partial charge in [-0.1, -0.05) is 18.2 Å². The number of nitrogens with one attached hydrogen (secondary N) is 1. The van der Waals surface area contributed by atoms with E-state index in [0.29, 0.717) is 38.3 Å². The molecule has 7 heteroatoms. The van der Waals surface area contributed by atoms with E-state index in [0.717, 1.165) is 19.5 Å². The van der Waals surface area contributed by atoms with Crippen molar-refractivity contribution < 1.29 is 14.0 Å². The van der Waals surface area contributed by atoms with E-state index in [4.69, 9.17) is 0 Å². The number of nitrogens with zero attached hydrogens (tertiary/aromatic N) is 3. The second kappa shape index (κ2) is 8.60. The van der Waals surface area contributed by atoms with E-state index in [1.165, 1.54) is 6.07 Å². The molecule has 2 heterocycles. The van der Waals surface area contributed by atoms with Crippen LogP contribution < -0.4 is 5.32 Å². The number of halogens is 1. The molecule has 1 aromatic rings. The number of likely N-dealkylation sites (N-methyl/N-ethyl adjacent to an activating group) is 1. The number of amides is 2. The maximum atomic E-state index is 13.9. The molecule has 142 valence electrons. The summed E-state index contributed by atoms with van der Waals surface area (Å²) >= 11 is 0. The van der Waals surface area contributed by atoms with E-state index in [1.807, 2.05) is 22.9 Å². The van der Waals surface area contributed by atoms with Crippen LogP contribution in [0, 0.1) is 5.82 Å². The average Bonchev–Trinajstić information content (AvgIpc) is 2.86. The lowest BCUT2D eigenvalue weighted by Gasteiger charge is -2.32. The molecule has 1 N–H and O–H groups in total. The van der Waals surface area contributed by atoms with Crippen molar-refractivity contribution in [2.24, 2.45) is 0 Å². The molecule has 2 aliphatic heterocycles. The molecule has 1 atom stereocenters.